The molecule has 1 N–H and O–H groups in total. The van der Waals surface area contributed by atoms with Crippen molar-refractivity contribution in [2.75, 3.05) is 6.61 Å². The highest BCUT2D eigenvalue weighted by molar-refractivity contribution is 5.70. The Morgan fingerprint density at radius 1 is 1.26 bits per heavy atom. The van der Waals surface area contributed by atoms with Crippen LogP contribution >= 0.6 is 0 Å². The summed E-state index contributed by atoms with van der Waals surface area (Å²) in [6, 6.07) is 8.95. The minimum atomic E-state index is -0.503. The van der Waals surface area contributed by atoms with Crippen LogP contribution in [0.15, 0.2) is 24.3 Å². The quantitative estimate of drug-likeness (QED) is 0.851. The maximum Gasteiger partial charge on any atom is 0.332 e. The van der Waals surface area contributed by atoms with Crippen LogP contribution in [0.2, 0.25) is 0 Å². The number of esters is 1. The molecule has 3 aliphatic rings. The first-order valence-corrected chi connectivity index (χ1v) is 9.01. The molecule has 1 aromatic rings. The Morgan fingerprint density at radius 3 is 2.91 bits per heavy atom. The number of ether oxygens (including phenoxy) is 1. The van der Waals surface area contributed by atoms with E-state index < -0.39 is 12.6 Å². The van der Waals surface area contributed by atoms with Gasteiger partial charge in [0.1, 0.15) is 12.7 Å². The number of carbonyl (C=O) groups is 1. The summed E-state index contributed by atoms with van der Waals surface area (Å²) in [5, 5.41) is 9.00. The lowest BCUT2D eigenvalue weighted by molar-refractivity contribution is -0.160. The molecule has 2 fully saturated rings. The second-order valence-electron chi connectivity index (χ2n) is 7.87. The molecule has 0 saturated heterocycles. The topological polar surface area (TPSA) is 46.5 Å². The zero-order chi connectivity index (χ0) is 16.0. The molecule has 0 aliphatic heterocycles. The predicted molar refractivity (Wildman–Crippen MR) is 88.0 cm³/mol. The lowest BCUT2D eigenvalue weighted by Crippen LogP contribution is -2.45. The van der Waals surface area contributed by atoms with Crippen LogP contribution in [0, 0.1) is 17.3 Å². The van der Waals surface area contributed by atoms with Gasteiger partial charge < -0.3 is 9.84 Å². The number of benzene rings is 1. The number of hydrogen-bond donors (Lipinski definition) is 1. The molecular formula is C20H26O3. The highest BCUT2D eigenvalue weighted by Gasteiger charge is 2.56. The minimum absolute atomic E-state index is 0.00901. The highest BCUT2D eigenvalue weighted by Crippen LogP contribution is 2.61. The average Bonchev–Trinajstić information content (AvgIpc) is 2.91. The smallest absolute Gasteiger partial charge is 0.332 e. The van der Waals surface area contributed by atoms with E-state index in [1.807, 2.05) is 0 Å². The third-order valence-electron chi connectivity index (χ3n) is 6.95. The summed E-state index contributed by atoms with van der Waals surface area (Å²) in [5.74, 6) is 1.59. The van der Waals surface area contributed by atoms with E-state index in [9.17, 15) is 4.79 Å². The van der Waals surface area contributed by atoms with Crippen molar-refractivity contribution < 1.29 is 14.6 Å². The van der Waals surface area contributed by atoms with Gasteiger partial charge in [-0.15, -0.1) is 0 Å². The first-order chi connectivity index (χ1) is 11.1. The fraction of sp³-hybridized carbons (Fsp3) is 0.650. The summed E-state index contributed by atoms with van der Waals surface area (Å²) in [6.45, 7) is 1.81. The molecule has 23 heavy (non-hydrogen) atoms. The van der Waals surface area contributed by atoms with E-state index in [-0.39, 0.29) is 11.5 Å². The van der Waals surface area contributed by atoms with Crippen molar-refractivity contribution in [3.8, 4) is 0 Å². The van der Waals surface area contributed by atoms with E-state index in [1.165, 1.54) is 19.3 Å². The van der Waals surface area contributed by atoms with E-state index in [0.717, 1.165) is 25.2 Å². The molecule has 1 aromatic carbocycles. The molecule has 0 bridgehead atoms. The van der Waals surface area contributed by atoms with Gasteiger partial charge in [-0.3, -0.25) is 0 Å². The van der Waals surface area contributed by atoms with Crippen molar-refractivity contribution in [3.05, 3.63) is 35.4 Å². The molecule has 0 amide bonds. The number of aliphatic hydroxyl groups excluding tert-OH is 1. The Balaban J connectivity index is 1.60. The predicted octanol–water partition coefficient (Wildman–Crippen LogP) is 3.45. The second kappa shape index (κ2) is 5.62. The molecule has 3 unspecified atom stereocenters. The Morgan fingerprint density at radius 2 is 2.09 bits per heavy atom. The van der Waals surface area contributed by atoms with Gasteiger partial charge in [0.2, 0.25) is 0 Å². The molecule has 2 saturated carbocycles. The van der Waals surface area contributed by atoms with Crippen LogP contribution in [0.25, 0.3) is 0 Å². The molecule has 3 nitrogen and oxygen atoms in total. The van der Waals surface area contributed by atoms with Crippen LogP contribution in [0.4, 0.5) is 0 Å². The van der Waals surface area contributed by atoms with Crippen LogP contribution in [0.1, 0.15) is 56.1 Å². The molecule has 3 aliphatic carbocycles. The van der Waals surface area contributed by atoms with Gasteiger partial charge in [0.25, 0.3) is 0 Å². The van der Waals surface area contributed by atoms with Gasteiger partial charge in [0, 0.05) is 5.41 Å². The van der Waals surface area contributed by atoms with Crippen molar-refractivity contribution in [1.29, 1.82) is 0 Å². The highest BCUT2D eigenvalue weighted by atomic mass is 16.6. The molecule has 0 radical (unpaired) electrons. The zero-order valence-electron chi connectivity index (χ0n) is 13.8. The number of fused-ring (bicyclic) bond motifs is 5. The normalized spacial score (nSPS) is 38.3. The SMILES string of the molecule is C[C@]12CCC3c4ccccc4CCC3C1CC[C@@H]2OC(=O)CO. The second-order valence-corrected chi connectivity index (χ2v) is 7.87. The van der Waals surface area contributed by atoms with Crippen LogP contribution in [0.3, 0.4) is 0 Å². The first-order valence-electron chi connectivity index (χ1n) is 9.01. The first kappa shape index (κ1) is 15.2. The van der Waals surface area contributed by atoms with Crippen LogP contribution in [-0.2, 0) is 16.0 Å². The third-order valence-corrected chi connectivity index (χ3v) is 6.95. The fourth-order valence-corrected chi connectivity index (χ4v) is 5.86. The van der Waals surface area contributed by atoms with Gasteiger partial charge in [0.15, 0.2) is 0 Å². The fourth-order valence-electron chi connectivity index (χ4n) is 5.86. The molecule has 124 valence electrons. The van der Waals surface area contributed by atoms with Gasteiger partial charge in [-0.1, -0.05) is 31.2 Å². The van der Waals surface area contributed by atoms with E-state index in [2.05, 4.69) is 31.2 Å². The number of aryl methyl sites for hydroxylation is 1. The summed E-state index contributed by atoms with van der Waals surface area (Å²) in [5.41, 5.74) is 3.21. The van der Waals surface area contributed by atoms with Crippen molar-refractivity contribution in [1.82, 2.24) is 0 Å². The average molecular weight is 314 g/mol. The van der Waals surface area contributed by atoms with Crippen molar-refractivity contribution >= 4 is 5.97 Å². The van der Waals surface area contributed by atoms with Gasteiger partial charge >= 0.3 is 5.97 Å². The van der Waals surface area contributed by atoms with Crippen molar-refractivity contribution in [2.24, 2.45) is 17.3 Å². The summed E-state index contributed by atoms with van der Waals surface area (Å²) in [6.07, 6.45) is 6.87. The van der Waals surface area contributed by atoms with E-state index in [1.54, 1.807) is 11.1 Å². The number of rotatable bonds is 2. The van der Waals surface area contributed by atoms with Gasteiger partial charge in [-0.05, 0) is 67.4 Å². The van der Waals surface area contributed by atoms with Gasteiger partial charge in [0.05, 0.1) is 0 Å². The van der Waals surface area contributed by atoms with E-state index in [0.29, 0.717) is 11.8 Å². The Bertz CT molecular complexity index is 611. The monoisotopic (exact) mass is 314 g/mol. The van der Waals surface area contributed by atoms with Crippen molar-refractivity contribution in [3.63, 3.8) is 0 Å². The summed E-state index contributed by atoms with van der Waals surface area (Å²) >= 11 is 0. The van der Waals surface area contributed by atoms with Crippen LogP contribution in [0.5, 0.6) is 0 Å². The summed E-state index contributed by atoms with van der Waals surface area (Å²) in [7, 11) is 0. The Kier molecular flexibility index (Phi) is 3.72. The summed E-state index contributed by atoms with van der Waals surface area (Å²) in [4.78, 5) is 11.6. The van der Waals surface area contributed by atoms with Crippen molar-refractivity contribution in [2.45, 2.75) is 57.5 Å². The van der Waals surface area contributed by atoms with E-state index in [4.69, 9.17) is 9.84 Å². The Labute approximate surface area is 138 Å². The Hall–Kier alpha value is -1.35. The minimum Gasteiger partial charge on any atom is -0.460 e. The standard InChI is InChI=1S/C20H26O3/c1-20-11-10-15-14-5-3-2-4-13(14)6-7-16(15)17(20)8-9-18(20)23-19(22)12-21/h2-5,15-18,21H,6-12H2,1H3/t15?,16?,17?,18-,20-/m0/s1. The molecule has 0 heterocycles. The number of aliphatic hydroxyl groups is 1. The largest absolute Gasteiger partial charge is 0.460 e. The molecule has 5 atom stereocenters. The molecule has 0 aromatic heterocycles. The lowest BCUT2D eigenvalue weighted by Gasteiger charge is -2.50. The van der Waals surface area contributed by atoms with Crippen LogP contribution in [-0.4, -0.2) is 23.8 Å². The maximum atomic E-state index is 11.6. The maximum absolute atomic E-state index is 11.6. The molecular weight excluding hydrogens is 288 g/mol. The lowest BCUT2D eigenvalue weighted by atomic mass is 9.55. The number of hydrogen-bond acceptors (Lipinski definition) is 3. The summed E-state index contributed by atoms with van der Waals surface area (Å²) < 4.78 is 5.59. The van der Waals surface area contributed by atoms with Crippen LogP contribution < -0.4 is 0 Å². The molecule has 0 spiro atoms. The van der Waals surface area contributed by atoms with Gasteiger partial charge in [-0.2, -0.15) is 0 Å². The van der Waals surface area contributed by atoms with Gasteiger partial charge in [-0.25, -0.2) is 4.79 Å². The molecule has 4 rings (SSSR count). The van der Waals surface area contributed by atoms with E-state index >= 15 is 0 Å². The molecule has 3 heteroatoms. The zero-order valence-corrected chi connectivity index (χ0v) is 13.8. The third kappa shape index (κ3) is 2.32. The number of carbonyl (C=O) groups excluding carboxylic acids is 1.